The Bertz CT molecular complexity index is 572. The maximum atomic E-state index is 12.3. The van der Waals surface area contributed by atoms with E-state index in [1.807, 2.05) is 20.8 Å². The molecule has 0 fully saturated rings. The van der Waals surface area contributed by atoms with E-state index >= 15 is 0 Å². The molecule has 4 heteroatoms. The Kier molecular flexibility index (Phi) is 3.28. The van der Waals surface area contributed by atoms with Crippen LogP contribution in [0.3, 0.4) is 0 Å². The van der Waals surface area contributed by atoms with Gasteiger partial charge in [0.2, 0.25) is 0 Å². The first-order valence-corrected chi connectivity index (χ1v) is 6.13. The van der Waals surface area contributed by atoms with E-state index in [-0.39, 0.29) is 11.9 Å². The van der Waals surface area contributed by atoms with Gasteiger partial charge in [-0.2, -0.15) is 0 Å². The van der Waals surface area contributed by atoms with Gasteiger partial charge in [-0.25, -0.2) is 0 Å². The van der Waals surface area contributed by atoms with E-state index in [9.17, 15) is 4.79 Å². The standard InChI is InChI=1S/C14H18N2O2/c1-4-16(9(2)3)14(17)13-8-10-7-11(15)5-6-12(10)18-13/h5-9H,4,15H2,1-3H3. The SMILES string of the molecule is CCN(C(=O)c1cc2cc(N)ccc2o1)C(C)C. The van der Waals surface area contributed by atoms with Gasteiger partial charge in [-0.1, -0.05) is 0 Å². The van der Waals surface area contributed by atoms with E-state index in [0.29, 0.717) is 23.6 Å². The summed E-state index contributed by atoms with van der Waals surface area (Å²) in [4.78, 5) is 14.0. The first-order valence-electron chi connectivity index (χ1n) is 6.13. The van der Waals surface area contributed by atoms with Crippen LogP contribution in [0, 0.1) is 0 Å². The van der Waals surface area contributed by atoms with Crippen molar-refractivity contribution in [3.05, 3.63) is 30.0 Å². The summed E-state index contributed by atoms with van der Waals surface area (Å²) < 4.78 is 5.57. The van der Waals surface area contributed by atoms with E-state index in [1.54, 1.807) is 29.2 Å². The van der Waals surface area contributed by atoms with Crippen LogP contribution in [0.2, 0.25) is 0 Å². The molecule has 0 aliphatic carbocycles. The normalized spacial score (nSPS) is 11.1. The maximum absolute atomic E-state index is 12.3. The molecule has 1 heterocycles. The van der Waals surface area contributed by atoms with Gasteiger partial charge >= 0.3 is 0 Å². The van der Waals surface area contributed by atoms with E-state index < -0.39 is 0 Å². The molecule has 0 unspecified atom stereocenters. The Labute approximate surface area is 106 Å². The zero-order valence-electron chi connectivity index (χ0n) is 10.9. The number of rotatable bonds is 3. The van der Waals surface area contributed by atoms with E-state index in [4.69, 9.17) is 10.2 Å². The second-order valence-electron chi connectivity index (χ2n) is 4.59. The summed E-state index contributed by atoms with van der Waals surface area (Å²) in [5.41, 5.74) is 7.06. The van der Waals surface area contributed by atoms with Crippen LogP contribution in [0.25, 0.3) is 11.0 Å². The lowest BCUT2D eigenvalue weighted by molar-refractivity contribution is 0.0687. The van der Waals surface area contributed by atoms with Crippen LogP contribution >= 0.6 is 0 Å². The third-order valence-corrected chi connectivity index (χ3v) is 2.98. The Morgan fingerprint density at radius 3 is 2.72 bits per heavy atom. The van der Waals surface area contributed by atoms with Crippen LogP contribution in [0.15, 0.2) is 28.7 Å². The number of hydrogen-bond donors (Lipinski definition) is 1. The van der Waals surface area contributed by atoms with Crippen molar-refractivity contribution in [1.29, 1.82) is 0 Å². The van der Waals surface area contributed by atoms with Crippen molar-refractivity contribution in [2.45, 2.75) is 26.8 Å². The summed E-state index contributed by atoms with van der Waals surface area (Å²) in [5.74, 6) is 0.286. The molecule has 4 nitrogen and oxygen atoms in total. The third-order valence-electron chi connectivity index (χ3n) is 2.98. The van der Waals surface area contributed by atoms with Gasteiger partial charge in [0.15, 0.2) is 5.76 Å². The molecule has 18 heavy (non-hydrogen) atoms. The van der Waals surface area contributed by atoms with Crippen molar-refractivity contribution in [1.82, 2.24) is 4.90 Å². The molecule has 2 aromatic rings. The maximum Gasteiger partial charge on any atom is 0.289 e. The molecule has 1 aromatic carbocycles. The monoisotopic (exact) mass is 246 g/mol. The van der Waals surface area contributed by atoms with Crippen LogP contribution in [0.5, 0.6) is 0 Å². The van der Waals surface area contributed by atoms with Gasteiger partial charge in [0, 0.05) is 23.7 Å². The highest BCUT2D eigenvalue weighted by molar-refractivity contribution is 5.96. The Balaban J connectivity index is 2.39. The zero-order chi connectivity index (χ0) is 13.3. The summed E-state index contributed by atoms with van der Waals surface area (Å²) in [6, 6.07) is 7.26. The number of hydrogen-bond acceptors (Lipinski definition) is 3. The molecule has 0 bridgehead atoms. The molecule has 0 aliphatic rings. The van der Waals surface area contributed by atoms with Crippen LogP contribution in [-0.2, 0) is 0 Å². The number of furan rings is 1. The Hall–Kier alpha value is -1.97. The summed E-state index contributed by atoms with van der Waals surface area (Å²) in [6.45, 7) is 6.60. The molecule has 0 spiro atoms. The highest BCUT2D eigenvalue weighted by atomic mass is 16.3. The van der Waals surface area contributed by atoms with Crippen molar-refractivity contribution >= 4 is 22.6 Å². The first kappa shape index (κ1) is 12.5. The summed E-state index contributed by atoms with van der Waals surface area (Å²) in [7, 11) is 0. The number of fused-ring (bicyclic) bond motifs is 1. The highest BCUT2D eigenvalue weighted by Crippen LogP contribution is 2.23. The molecular formula is C14H18N2O2. The van der Waals surface area contributed by atoms with Crippen LogP contribution in [0.4, 0.5) is 5.69 Å². The molecule has 0 atom stereocenters. The van der Waals surface area contributed by atoms with Crippen molar-refractivity contribution in [3.63, 3.8) is 0 Å². The molecule has 1 amide bonds. The number of nitrogens with two attached hydrogens (primary N) is 1. The van der Waals surface area contributed by atoms with Gasteiger partial charge in [-0.3, -0.25) is 4.79 Å². The molecule has 2 N–H and O–H groups in total. The average molecular weight is 246 g/mol. The second-order valence-corrected chi connectivity index (χ2v) is 4.59. The number of nitrogen functional groups attached to an aromatic ring is 1. The number of carbonyl (C=O) groups is 1. The van der Waals surface area contributed by atoms with E-state index in [2.05, 4.69) is 0 Å². The summed E-state index contributed by atoms with van der Waals surface area (Å²) in [5, 5.41) is 0.859. The molecule has 2 rings (SSSR count). The molecule has 0 aliphatic heterocycles. The van der Waals surface area contributed by atoms with Gasteiger partial charge in [-0.15, -0.1) is 0 Å². The van der Waals surface area contributed by atoms with Crippen LogP contribution in [-0.4, -0.2) is 23.4 Å². The van der Waals surface area contributed by atoms with Crippen molar-refractivity contribution < 1.29 is 9.21 Å². The van der Waals surface area contributed by atoms with Gasteiger partial charge < -0.3 is 15.1 Å². The minimum atomic E-state index is -0.0812. The summed E-state index contributed by atoms with van der Waals surface area (Å²) in [6.07, 6.45) is 0. The number of amides is 1. The van der Waals surface area contributed by atoms with Crippen molar-refractivity contribution in [3.8, 4) is 0 Å². The lowest BCUT2D eigenvalue weighted by atomic mass is 10.2. The fraction of sp³-hybridized carbons (Fsp3) is 0.357. The van der Waals surface area contributed by atoms with Gasteiger partial charge in [0.05, 0.1) is 0 Å². The Morgan fingerprint density at radius 1 is 1.39 bits per heavy atom. The molecule has 0 saturated heterocycles. The van der Waals surface area contributed by atoms with E-state index in [0.717, 1.165) is 5.39 Å². The van der Waals surface area contributed by atoms with Gasteiger partial charge in [-0.05, 0) is 45.0 Å². The first-order chi connectivity index (χ1) is 8.52. The quantitative estimate of drug-likeness (QED) is 0.847. The molecular weight excluding hydrogens is 228 g/mol. The van der Waals surface area contributed by atoms with Crippen LogP contribution in [0.1, 0.15) is 31.3 Å². The number of anilines is 1. The minimum absolute atomic E-state index is 0.0812. The number of nitrogens with zero attached hydrogens (tertiary/aromatic N) is 1. The largest absolute Gasteiger partial charge is 0.451 e. The molecule has 1 aromatic heterocycles. The second kappa shape index (κ2) is 4.72. The average Bonchev–Trinajstić information content (AvgIpc) is 2.72. The summed E-state index contributed by atoms with van der Waals surface area (Å²) >= 11 is 0. The third kappa shape index (κ3) is 2.18. The van der Waals surface area contributed by atoms with Crippen molar-refractivity contribution in [2.24, 2.45) is 0 Å². The van der Waals surface area contributed by atoms with E-state index in [1.165, 1.54) is 0 Å². The van der Waals surface area contributed by atoms with Gasteiger partial charge in [0.1, 0.15) is 5.58 Å². The molecule has 0 radical (unpaired) electrons. The lowest BCUT2D eigenvalue weighted by Crippen LogP contribution is -2.36. The highest BCUT2D eigenvalue weighted by Gasteiger charge is 2.20. The topological polar surface area (TPSA) is 59.5 Å². The number of benzene rings is 1. The zero-order valence-corrected chi connectivity index (χ0v) is 10.9. The lowest BCUT2D eigenvalue weighted by Gasteiger charge is -2.23. The Morgan fingerprint density at radius 2 is 2.11 bits per heavy atom. The predicted octanol–water partition coefficient (Wildman–Crippen LogP) is 2.89. The number of carbonyl (C=O) groups excluding carboxylic acids is 1. The smallest absolute Gasteiger partial charge is 0.289 e. The fourth-order valence-corrected chi connectivity index (χ4v) is 2.05. The fourth-order valence-electron chi connectivity index (χ4n) is 2.05. The van der Waals surface area contributed by atoms with Crippen LogP contribution < -0.4 is 5.73 Å². The van der Waals surface area contributed by atoms with Crippen molar-refractivity contribution in [2.75, 3.05) is 12.3 Å². The van der Waals surface area contributed by atoms with Gasteiger partial charge in [0.25, 0.3) is 5.91 Å². The minimum Gasteiger partial charge on any atom is -0.451 e. The molecule has 96 valence electrons. The molecule has 0 saturated carbocycles. The predicted molar refractivity (Wildman–Crippen MR) is 72.5 cm³/mol.